The van der Waals surface area contributed by atoms with E-state index in [2.05, 4.69) is 21.9 Å². The van der Waals surface area contributed by atoms with Gasteiger partial charge in [-0.25, -0.2) is 27.0 Å². The Kier molecular flexibility index (Phi) is 12.5. The van der Waals surface area contributed by atoms with Gasteiger partial charge in [-0.15, -0.1) is 6.58 Å². The SMILES string of the molecule is C=C[C@@H]1C[C@]1(NC(=O)[C@@H]1C[C@@H]2CN1C(=O)[C@H](C1CCCC1)NC(=O)O[C@@H]1CCC[C@H]1CC/C=C\Cc1c(nc3ccccc3c1OCC(F)(F)CO)O2)C(=O)NS(=O)(=O)C1CC1. The van der Waals surface area contributed by atoms with Crippen molar-refractivity contribution in [2.24, 2.45) is 17.8 Å². The van der Waals surface area contributed by atoms with Gasteiger partial charge in [0.25, 0.3) is 5.91 Å². The average Bonchev–Trinajstić information content (AvgIpc) is 4.04. The molecule has 18 heteroatoms. The Morgan fingerprint density at radius 1 is 1.05 bits per heavy atom. The fourth-order valence-corrected chi connectivity index (χ4v) is 11.0. The van der Waals surface area contributed by atoms with E-state index in [9.17, 15) is 41.5 Å². The van der Waals surface area contributed by atoms with Crippen molar-refractivity contribution in [3.05, 3.63) is 54.6 Å². The first-order valence-corrected chi connectivity index (χ1v) is 23.4. The van der Waals surface area contributed by atoms with Crippen LogP contribution in [0.2, 0.25) is 0 Å². The number of aromatic nitrogens is 1. The normalized spacial score (nSPS) is 30.1. The van der Waals surface area contributed by atoms with Crippen LogP contribution in [0.15, 0.2) is 49.1 Å². The summed E-state index contributed by atoms with van der Waals surface area (Å²) in [6, 6.07) is 4.50. The summed E-state index contributed by atoms with van der Waals surface area (Å²) < 4.78 is 75.4. The molecule has 1 saturated heterocycles. The monoisotopic (exact) mass is 883 g/mol. The number of nitrogens with zero attached hydrogens (tertiary/aromatic N) is 2. The number of alkyl halides is 2. The van der Waals surface area contributed by atoms with Gasteiger partial charge >= 0.3 is 12.0 Å². The third-order valence-electron chi connectivity index (χ3n) is 13.4. The number of allylic oxidation sites excluding steroid dienone is 2. The van der Waals surface area contributed by atoms with Crippen molar-refractivity contribution >= 4 is 44.7 Å². The Hall–Kier alpha value is -4.84. The quantitative estimate of drug-likeness (QED) is 0.230. The Bertz CT molecular complexity index is 2220. The molecule has 3 heterocycles. The predicted molar refractivity (Wildman–Crippen MR) is 222 cm³/mol. The van der Waals surface area contributed by atoms with Crippen LogP contribution < -0.4 is 24.8 Å². The van der Waals surface area contributed by atoms with Crippen LogP contribution in [0.1, 0.15) is 89.0 Å². The van der Waals surface area contributed by atoms with E-state index in [0.29, 0.717) is 55.0 Å². The lowest BCUT2D eigenvalue weighted by Gasteiger charge is -2.32. The van der Waals surface area contributed by atoms with Crippen molar-refractivity contribution in [2.75, 3.05) is 19.8 Å². The van der Waals surface area contributed by atoms with E-state index in [1.165, 1.54) is 11.0 Å². The first-order chi connectivity index (χ1) is 29.7. The minimum Gasteiger partial charge on any atom is -0.486 e. The molecule has 1 aromatic carbocycles. The maximum Gasteiger partial charge on any atom is 0.408 e. The largest absolute Gasteiger partial charge is 0.486 e. The molecule has 2 aromatic rings. The number of para-hydroxylation sites is 1. The highest BCUT2D eigenvalue weighted by atomic mass is 32.2. The minimum atomic E-state index is -3.97. The van der Waals surface area contributed by atoms with Crippen molar-refractivity contribution in [3.63, 3.8) is 0 Å². The number of sulfonamides is 1. The Morgan fingerprint density at radius 2 is 1.81 bits per heavy atom. The fraction of sp³-hybridized carbons (Fsp3) is 0.614. The molecule has 8 rings (SSSR count). The number of carbonyl (C=O) groups is 4. The van der Waals surface area contributed by atoms with Crippen LogP contribution in [0.4, 0.5) is 13.6 Å². The van der Waals surface area contributed by atoms with Crippen molar-refractivity contribution in [2.45, 2.75) is 131 Å². The first kappa shape index (κ1) is 43.8. The predicted octanol–water partition coefficient (Wildman–Crippen LogP) is 4.61. The van der Waals surface area contributed by atoms with Crippen LogP contribution in [0.3, 0.4) is 0 Å². The molecule has 62 heavy (non-hydrogen) atoms. The number of fused-ring (bicyclic) bond motifs is 5. The molecule has 4 aliphatic carbocycles. The van der Waals surface area contributed by atoms with Crippen LogP contribution >= 0.6 is 0 Å². The van der Waals surface area contributed by atoms with Crippen LogP contribution in [0, 0.1) is 17.8 Å². The van der Waals surface area contributed by atoms with Gasteiger partial charge < -0.3 is 34.9 Å². The molecule has 2 bridgehead atoms. The molecular weight excluding hydrogens is 829 g/mol. The zero-order valence-electron chi connectivity index (χ0n) is 34.6. The summed E-state index contributed by atoms with van der Waals surface area (Å²) in [7, 11) is -3.97. The van der Waals surface area contributed by atoms with E-state index < -0.39 is 87.9 Å². The number of ether oxygens (including phenoxy) is 3. The molecule has 336 valence electrons. The van der Waals surface area contributed by atoms with E-state index in [-0.39, 0.29) is 55.4 Å². The van der Waals surface area contributed by atoms with Gasteiger partial charge in [0, 0.05) is 17.7 Å². The number of pyridine rings is 1. The van der Waals surface area contributed by atoms with Gasteiger partial charge in [-0.3, -0.25) is 19.1 Å². The summed E-state index contributed by atoms with van der Waals surface area (Å²) in [4.78, 5) is 63.1. The molecule has 0 unspecified atom stereocenters. The van der Waals surface area contributed by atoms with Crippen LogP contribution in [0.25, 0.3) is 10.9 Å². The Labute approximate surface area is 359 Å². The number of alkyl carbamates (subject to hydrolysis) is 1. The van der Waals surface area contributed by atoms with E-state index in [4.69, 9.17) is 19.2 Å². The van der Waals surface area contributed by atoms with Crippen molar-refractivity contribution in [3.8, 4) is 11.6 Å². The van der Waals surface area contributed by atoms with Gasteiger partial charge in [0.2, 0.25) is 27.7 Å². The number of nitrogens with one attached hydrogen (secondary N) is 3. The smallest absolute Gasteiger partial charge is 0.408 e. The number of hydrogen-bond donors (Lipinski definition) is 4. The molecule has 4 saturated carbocycles. The third kappa shape index (κ3) is 9.26. The molecule has 4 N–H and O–H groups in total. The van der Waals surface area contributed by atoms with E-state index in [1.54, 1.807) is 24.3 Å². The average molecular weight is 884 g/mol. The van der Waals surface area contributed by atoms with Crippen LogP contribution in [-0.4, -0.2) is 108 Å². The first-order valence-electron chi connectivity index (χ1n) is 21.8. The zero-order valence-corrected chi connectivity index (χ0v) is 35.4. The highest BCUT2D eigenvalue weighted by Crippen LogP contribution is 2.46. The molecule has 0 spiro atoms. The second kappa shape index (κ2) is 17.7. The number of aliphatic hydroxyl groups is 1. The Balaban J connectivity index is 1.17. The molecular formula is C44H55F2N5O10S. The van der Waals surface area contributed by atoms with Crippen LogP contribution in [0.5, 0.6) is 11.6 Å². The highest BCUT2D eigenvalue weighted by molar-refractivity contribution is 7.91. The molecule has 0 radical (unpaired) electrons. The lowest BCUT2D eigenvalue weighted by atomic mass is 9.96. The fourth-order valence-electron chi connectivity index (χ4n) is 9.68. The summed E-state index contributed by atoms with van der Waals surface area (Å²) in [6.45, 7) is 1.08. The molecule has 2 aliphatic heterocycles. The molecule has 4 amide bonds. The number of aliphatic hydroxyl groups excluding tert-OH is 1. The number of hydrogen-bond acceptors (Lipinski definition) is 11. The topological polar surface area (TPSA) is 203 Å². The van der Waals surface area contributed by atoms with Crippen LogP contribution in [-0.2, 0) is 35.6 Å². The maximum absolute atomic E-state index is 15.0. The maximum atomic E-state index is 15.0. The summed E-state index contributed by atoms with van der Waals surface area (Å²) in [5.74, 6) is -6.35. The second-order valence-electron chi connectivity index (χ2n) is 17.8. The van der Waals surface area contributed by atoms with E-state index in [0.717, 1.165) is 32.1 Å². The molecule has 5 fully saturated rings. The molecule has 6 aliphatic rings. The summed E-state index contributed by atoms with van der Waals surface area (Å²) in [5, 5.41) is 14.8. The second-order valence-corrected chi connectivity index (χ2v) is 19.7. The summed E-state index contributed by atoms with van der Waals surface area (Å²) >= 11 is 0. The van der Waals surface area contributed by atoms with Crippen molar-refractivity contribution in [1.29, 1.82) is 0 Å². The minimum absolute atomic E-state index is 0.0372. The zero-order chi connectivity index (χ0) is 43.8. The van der Waals surface area contributed by atoms with Crippen molar-refractivity contribution < 1.29 is 55.7 Å². The van der Waals surface area contributed by atoms with Gasteiger partial charge in [-0.05, 0) is 94.6 Å². The summed E-state index contributed by atoms with van der Waals surface area (Å²) in [6.07, 6.45) is 11.0. The lowest BCUT2D eigenvalue weighted by molar-refractivity contribution is -0.142. The highest BCUT2D eigenvalue weighted by Gasteiger charge is 2.62. The molecule has 1 aromatic heterocycles. The number of rotatable bonds is 11. The Morgan fingerprint density at radius 3 is 2.53 bits per heavy atom. The lowest BCUT2D eigenvalue weighted by Crippen LogP contribution is -2.59. The third-order valence-corrected chi connectivity index (χ3v) is 15.2. The summed E-state index contributed by atoms with van der Waals surface area (Å²) in [5.41, 5.74) is -0.916. The van der Waals surface area contributed by atoms with Gasteiger partial charge in [-0.2, -0.15) is 0 Å². The van der Waals surface area contributed by atoms with Crippen molar-refractivity contribution in [1.82, 2.24) is 25.2 Å². The van der Waals surface area contributed by atoms with E-state index >= 15 is 0 Å². The number of benzene rings is 1. The number of carbonyl (C=O) groups excluding carboxylic acids is 4. The number of amides is 4. The van der Waals surface area contributed by atoms with Gasteiger partial charge in [0.15, 0.2) is 6.61 Å². The standard InChI is InChI=1S/C44H55F2N5O10S/c1-2-28-22-44(28,41(55)50-62(57,58)30-19-20-30)49-38(53)34-21-29-23-51(34)40(54)36(27-12-6-7-13-27)48-42(56)61-35-18-10-14-26(35)11-4-3-5-16-32-37(59-25-43(45,46)24-52)31-15-8-9-17-33(31)47-39(32)60-29/h2-3,5,8-9,15,17,26-30,34-36,52H,1,4,6-7,10-14,16,18-25H2,(H,48,56)(H,49,53)(H,50,55)/b5-3-/t26-,28-,29-,34+,35-,36+,44-/m1/s1. The molecule has 7 atom stereocenters. The molecule has 15 nitrogen and oxygen atoms in total. The van der Waals surface area contributed by atoms with Gasteiger partial charge in [0.05, 0.1) is 22.9 Å². The van der Waals surface area contributed by atoms with Gasteiger partial charge in [-0.1, -0.05) is 43.2 Å². The van der Waals surface area contributed by atoms with Gasteiger partial charge in [0.1, 0.15) is 42.2 Å². The van der Waals surface area contributed by atoms with E-state index in [1.807, 2.05) is 12.2 Å². The number of halogens is 2.